The SMILES string of the molecule is CCN(CC)C(=O)C(C)N(CC)C1CCNCC1. The summed E-state index contributed by atoms with van der Waals surface area (Å²) in [6.45, 7) is 13.1. The third kappa shape index (κ3) is 3.69. The van der Waals surface area contributed by atoms with Crippen molar-refractivity contribution in [1.82, 2.24) is 15.1 Å². The Balaban J connectivity index is 2.65. The number of carbonyl (C=O) groups is 1. The molecule has 1 heterocycles. The van der Waals surface area contributed by atoms with Crippen LogP contribution >= 0.6 is 0 Å². The van der Waals surface area contributed by atoms with Crippen molar-refractivity contribution in [2.75, 3.05) is 32.7 Å². The van der Waals surface area contributed by atoms with E-state index in [1.807, 2.05) is 4.90 Å². The molecule has 1 unspecified atom stereocenters. The molecule has 1 saturated heterocycles. The number of hydrogen-bond donors (Lipinski definition) is 1. The van der Waals surface area contributed by atoms with Gasteiger partial charge in [0.1, 0.15) is 0 Å². The minimum absolute atomic E-state index is 0.0120. The zero-order valence-corrected chi connectivity index (χ0v) is 12.4. The first-order chi connectivity index (χ1) is 8.65. The lowest BCUT2D eigenvalue weighted by atomic mass is 10.0. The highest BCUT2D eigenvalue weighted by Crippen LogP contribution is 2.16. The van der Waals surface area contributed by atoms with E-state index in [2.05, 4.69) is 37.9 Å². The fourth-order valence-corrected chi connectivity index (χ4v) is 2.93. The van der Waals surface area contributed by atoms with Crippen molar-refractivity contribution in [1.29, 1.82) is 0 Å². The van der Waals surface area contributed by atoms with Crippen LogP contribution in [0.2, 0.25) is 0 Å². The Bertz CT molecular complexity index is 247. The molecule has 0 aromatic carbocycles. The number of piperidine rings is 1. The molecule has 106 valence electrons. The molecule has 0 aliphatic carbocycles. The normalized spacial score (nSPS) is 18.9. The predicted molar refractivity (Wildman–Crippen MR) is 75.7 cm³/mol. The van der Waals surface area contributed by atoms with Crippen molar-refractivity contribution in [2.24, 2.45) is 0 Å². The maximum absolute atomic E-state index is 12.4. The number of nitrogens with zero attached hydrogens (tertiary/aromatic N) is 2. The monoisotopic (exact) mass is 255 g/mol. The zero-order valence-electron chi connectivity index (χ0n) is 12.4. The highest BCUT2D eigenvalue weighted by molar-refractivity contribution is 5.81. The Morgan fingerprint density at radius 3 is 2.17 bits per heavy atom. The van der Waals surface area contributed by atoms with E-state index in [0.29, 0.717) is 6.04 Å². The van der Waals surface area contributed by atoms with Crippen LogP contribution in [0.15, 0.2) is 0 Å². The molecule has 0 spiro atoms. The predicted octanol–water partition coefficient (Wildman–Crippen LogP) is 1.32. The van der Waals surface area contributed by atoms with Crippen LogP contribution in [0, 0.1) is 0 Å². The van der Waals surface area contributed by atoms with Crippen LogP contribution in [0.3, 0.4) is 0 Å². The van der Waals surface area contributed by atoms with Gasteiger partial charge in [0.25, 0.3) is 0 Å². The fourth-order valence-electron chi connectivity index (χ4n) is 2.93. The molecule has 0 saturated carbocycles. The second kappa shape index (κ2) is 7.74. The molecule has 4 nitrogen and oxygen atoms in total. The molecule has 4 heteroatoms. The summed E-state index contributed by atoms with van der Waals surface area (Å²) in [7, 11) is 0. The summed E-state index contributed by atoms with van der Waals surface area (Å²) in [6.07, 6.45) is 2.31. The smallest absolute Gasteiger partial charge is 0.239 e. The third-order valence-corrected chi connectivity index (χ3v) is 4.07. The number of carbonyl (C=O) groups excluding carboxylic acids is 1. The first kappa shape index (κ1) is 15.4. The first-order valence-corrected chi connectivity index (χ1v) is 7.40. The third-order valence-electron chi connectivity index (χ3n) is 4.07. The standard InChI is InChI=1S/C14H29N3O/c1-5-16(6-2)14(18)12(4)17(7-3)13-8-10-15-11-9-13/h12-13,15H,5-11H2,1-4H3. The average Bonchev–Trinajstić information content (AvgIpc) is 2.42. The molecular formula is C14H29N3O. The minimum Gasteiger partial charge on any atom is -0.342 e. The van der Waals surface area contributed by atoms with E-state index in [4.69, 9.17) is 0 Å². The van der Waals surface area contributed by atoms with Crippen LogP contribution in [0.4, 0.5) is 0 Å². The zero-order chi connectivity index (χ0) is 13.5. The highest BCUT2D eigenvalue weighted by atomic mass is 16.2. The Morgan fingerprint density at radius 2 is 1.72 bits per heavy atom. The van der Waals surface area contributed by atoms with Crippen molar-refractivity contribution < 1.29 is 4.79 Å². The number of nitrogens with one attached hydrogen (secondary N) is 1. The lowest BCUT2D eigenvalue weighted by Crippen LogP contribution is -2.53. The number of amides is 1. The van der Waals surface area contributed by atoms with E-state index in [1.54, 1.807) is 0 Å². The highest BCUT2D eigenvalue weighted by Gasteiger charge is 2.29. The summed E-state index contributed by atoms with van der Waals surface area (Å²) in [5.74, 6) is 0.278. The van der Waals surface area contributed by atoms with Crippen molar-refractivity contribution >= 4 is 5.91 Å². The Labute approximate surface area is 112 Å². The molecule has 0 aromatic rings. The molecule has 1 fully saturated rings. The van der Waals surface area contributed by atoms with Crippen molar-refractivity contribution in [3.05, 3.63) is 0 Å². The van der Waals surface area contributed by atoms with Crippen LogP contribution in [-0.4, -0.2) is 60.5 Å². The number of rotatable bonds is 6. The summed E-state index contributed by atoms with van der Waals surface area (Å²) < 4.78 is 0. The van der Waals surface area contributed by atoms with E-state index in [0.717, 1.165) is 45.6 Å². The summed E-state index contributed by atoms with van der Waals surface area (Å²) in [4.78, 5) is 16.7. The molecule has 18 heavy (non-hydrogen) atoms. The lowest BCUT2D eigenvalue weighted by Gasteiger charge is -2.38. The van der Waals surface area contributed by atoms with E-state index < -0.39 is 0 Å². The summed E-state index contributed by atoms with van der Waals surface area (Å²) in [5.41, 5.74) is 0. The lowest BCUT2D eigenvalue weighted by molar-refractivity contribution is -0.137. The van der Waals surface area contributed by atoms with Crippen LogP contribution in [0.5, 0.6) is 0 Å². The second-order valence-corrected chi connectivity index (χ2v) is 5.00. The molecule has 0 radical (unpaired) electrons. The van der Waals surface area contributed by atoms with Gasteiger partial charge in [-0.1, -0.05) is 6.92 Å². The molecule has 1 rings (SSSR count). The van der Waals surface area contributed by atoms with Crippen LogP contribution < -0.4 is 5.32 Å². The largest absolute Gasteiger partial charge is 0.342 e. The Morgan fingerprint density at radius 1 is 1.17 bits per heavy atom. The summed E-state index contributed by atoms with van der Waals surface area (Å²) in [5, 5.41) is 3.38. The quantitative estimate of drug-likeness (QED) is 0.777. The second-order valence-electron chi connectivity index (χ2n) is 5.00. The van der Waals surface area contributed by atoms with Gasteiger partial charge in [-0.25, -0.2) is 0 Å². The first-order valence-electron chi connectivity index (χ1n) is 7.40. The van der Waals surface area contributed by atoms with Gasteiger partial charge in [-0.2, -0.15) is 0 Å². The number of likely N-dealkylation sites (N-methyl/N-ethyl adjacent to an activating group) is 2. The van der Waals surface area contributed by atoms with Crippen LogP contribution in [0.25, 0.3) is 0 Å². The van der Waals surface area contributed by atoms with Crippen LogP contribution in [-0.2, 0) is 4.79 Å². The van der Waals surface area contributed by atoms with Gasteiger partial charge in [0.15, 0.2) is 0 Å². The minimum atomic E-state index is 0.0120. The summed E-state index contributed by atoms with van der Waals surface area (Å²) >= 11 is 0. The maximum atomic E-state index is 12.4. The molecule has 0 bridgehead atoms. The molecule has 1 aliphatic heterocycles. The average molecular weight is 255 g/mol. The van der Waals surface area contributed by atoms with Crippen molar-refractivity contribution in [2.45, 2.75) is 52.6 Å². The molecular weight excluding hydrogens is 226 g/mol. The molecule has 1 amide bonds. The van der Waals surface area contributed by atoms with Gasteiger partial charge in [-0.05, 0) is 53.2 Å². The molecule has 1 N–H and O–H groups in total. The van der Waals surface area contributed by atoms with Gasteiger partial charge in [0.2, 0.25) is 5.91 Å². The van der Waals surface area contributed by atoms with E-state index in [9.17, 15) is 4.79 Å². The Hall–Kier alpha value is -0.610. The van der Waals surface area contributed by atoms with Gasteiger partial charge in [0, 0.05) is 19.1 Å². The molecule has 1 aliphatic rings. The van der Waals surface area contributed by atoms with Crippen molar-refractivity contribution in [3.63, 3.8) is 0 Å². The molecule has 1 atom stereocenters. The summed E-state index contributed by atoms with van der Waals surface area (Å²) in [6, 6.07) is 0.573. The van der Waals surface area contributed by atoms with Crippen LogP contribution in [0.1, 0.15) is 40.5 Å². The Kier molecular flexibility index (Phi) is 6.65. The number of hydrogen-bond acceptors (Lipinski definition) is 3. The van der Waals surface area contributed by atoms with E-state index in [-0.39, 0.29) is 11.9 Å². The van der Waals surface area contributed by atoms with Gasteiger partial charge < -0.3 is 10.2 Å². The molecule has 0 aromatic heterocycles. The maximum Gasteiger partial charge on any atom is 0.239 e. The topological polar surface area (TPSA) is 35.6 Å². The van der Waals surface area contributed by atoms with Gasteiger partial charge in [-0.15, -0.1) is 0 Å². The fraction of sp³-hybridized carbons (Fsp3) is 0.929. The van der Waals surface area contributed by atoms with Gasteiger partial charge in [-0.3, -0.25) is 9.69 Å². The van der Waals surface area contributed by atoms with Gasteiger partial charge in [0.05, 0.1) is 6.04 Å². The van der Waals surface area contributed by atoms with Gasteiger partial charge >= 0.3 is 0 Å². The van der Waals surface area contributed by atoms with E-state index >= 15 is 0 Å². The van der Waals surface area contributed by atoms with Crippen molar-refractivity contribution in [3.8, 4) is 0 Å². The van der Waals surface area contributed by atoms with E-state index in [1.165, 1.54) is 0 Å².